The van der Waals surface area contributed by atoms with E-state index < -0.39 is 22.6 Å². The van der Waals surface area contributed by atoms with E-state index in [-0.39, 0.29) is 34.6 Å². The largest absolute Gasteiger partial charge is 0.610 e. The van der Waals surface area contributed by atoms with Crippen LogP contribution in [0.15, 0.2) is 52.4 Å². The summed E-state index contributed by atoms with van der Waals surface area (Å²) in [5.74, 6) is -0.866. The molecule has 12 heteroatoms. The first-order valence-corrected chi connectivity index (χ1v) is 13.3. The predicted molar refractivity (Wildman–Crippen MR) is 140 cm³/mol. The number of hydrogen-bond acceptors (Lipinski definition) is 8. The molecule has 1 saturated heterocycles. The van der Waals surface area contributed by atoms with E-state index in [2.05, 4.69) is 25.6 Å². The Bertz CT molecular complexity index is 1520. The quantitative estimate of drug-likeness (QED) is 0.370. The van der Waals surface area contributed by atoms with Gasteiger partial charge < -0.3 is 20.1 Å². The van der Waals surface area contributed by atoms with E-state index in [1.165, 1.54) is 35.2 Å². The third kappa shape index (κ3) is 4.99. The molecule has 3 aromatic heterocycles. The van der Waals surface area contributed by atoms with Crippen molar-refractivity contribution in [3.8, 4) is 11.3 Å². The zero-order valence-electron chi connectivity index (χ0n) is 20.3. The summed E-state index contributed by atoms with van der Waals surface area (Å²) in [7, 11) is 0. The molecule has 37 heavy (non-hydrogen) atoms. The summed E-state index contributed by atoms with van der Waals surface area (Å²) in [5.41, 5.74) is 0.695. The second kappa shape index (κ2) is 10.4. The van der Waals surface area contributed by atoms with Gasteiger partial charge in [0.15, 0.2) is 0 Å². The number of pyridine rings is 2. The average Bonchev–Trinajstić information content (AvgIpc) is 2.89. The number of anilines is 3. The van der Waals surface area contributed by atoms with Gasteiger partial charge in [-0.05, 0) is 37.3 Å². The molecule has 0 radical (unpaired) electrons. The fourth-order valence-corrected chi connectivity index (χ4v) is 4.81. The lowest BCUT2D eigenvalue weighted by Crippen LogP contribution is -2.43. The molecular weight excluding hydrogens is 500 g/mol. The van der Waals surface area contributed by atoms with Crippen LogP contribution in [0.3, 0.4) is 0 Å². The second-order valence-corrected chi connectivity index (χ2v) is 9.87. The summed E-state index contributed by atoms with van der Waals surface area (Å²) >= 11 is -1.44. The third-order valence-electron chi connectivity index (χ3n) is 6.17. The van der Waals surface area contributed by atoms with E-state index in [4.69, 9.17) is 0 Å². The topological polar surface area (TPSA) is 111 Å². The van der Waals surface area contributed by atoms with E-state index in [9.17, 15) is 18.1 Å². The lowest BCUT2D eigenvalue weighted by atomic mass is 10.1. The minimum Gasteiger partial charge on any atom is -0.610 e. The molecule has 0 spiro atoms. The van der Waals surface area contributed by atoms with Crippen LogP contribution in [0.1, 0.15) is 6.92 Å². The summed E-state index contributed by atoms with van der Waals surface area (Å²) in [5, 5.41) is 6.91. The van der Waals surface area contributed by atoms with E-state index in [0.29, 0.717) is 22.4 Å². The molecule has 2 N–H and O–H groups in total. The van der Waals surface area contributed by atoms with Crippen LogP contribution in [0, 0.1) is 11.6 Å². The van der Waals surface area contributed by atoms with Gasteiger partial charge in [-0.3, -0.25) is 9.36 Å². The van der Waals surface area contributed by atoms with Crippen LogP contribution in [-0.4, -0.2) is 56.5 Å². The van der Waals surface area contributed by atoms with Gasteiger partial charge in [-0.2, -0.15) is 9.97 Å². The SMILES string of the molecule is CCn1c(=O)c(-c2nc([S+](C)[O-])ccc2F)cc2cnc(Nc3ccc(N4CCNCC4)c(F)c3)nc21. The standard InChI is InChI=1S/C25H25F2N7O2S/c1-3-34-23-15(12-17(24(34)35)22-18(26)5-7-21(31-22)37(2)36)14-29-25(32-23)30-16-4-6-20(19(27)13-16)33-10-8-28-9-11-33/h4-7,12-14,28H,3,8-11H2,1-2H3,(H,29,30,32). The normalized spacial score (nSPS) is 14.7. The first-order chi connectivity index (χ1) is 17.9. The zero-order chi connectivity index (χ0) is 26.1. The van der Waals surface area contributed by atoms with Crippen LogP contribution in [0.2, 0.25) is 0 Å². The van der Waals surface area contributed by atoms with Crippen LogP contribution in [0.5, 0.6) is 0 Å². The number of piperazine rings is 1. The molecule has 0 amide bonds. The van der Waals surface area contributed by atoms with E-state index in [1.54, 1.807) is 19.1 Å². The molecule has 0 aliphatic carbocycles. The Morgan fingerprint density at radius 3 is 2.59 bits per heavy atom. The van der Waals surface area contributed by atoms with Gasteiger partial charge in [0, 0.05) is 67.2 Å². The van der Waals surface area contributed by atoms with Crippen molar-refractivity contribution in [2.75, 3.05) is 42.7 Å². The van der Waals surface area contributed by atoms with Crippen LogP contribution in [0.25, 0.3) is 22.3 Å². The van der Waals surface area contributed by atoms with E-state index in [0.717, 1.165) is 32.2 Å². The number of benzene rings is 1. The summed E-state index contributed by atoms with van der Waals surface area (Å²) in [6.07, 6.45) is 2.94. The Morgan fingerprint density at radius 1 is 1.11 bits per heavy atom. The highest BCUT2D eigenvalue weighted by atomic mass is 32.2. The number of hydrogen-bond donors (Lipinski definition) is 2. The predicted octanol–water partition coefficient (Wildman–Crippen LogP) is 3.04. The number of fused-ring (bicyclic) bond motifs is 1. The lowest BCUT2D eigenvalue weighted by molar-refractivity contribution is 0.566. The number of rotatable bonds is 6. The maximum absolute atomic E-state index is 14.8. The molecule has 0 bridgehead atoms. The molecule has 192 valence electrons. The Labute approximate surface area is 214 Å². The first-order valence-electron chi connectivity index (χ1n) is 11.8. The molecule has 4 aromatic rings. The van der Waals surface area contributed by atoms with Gasteiger partial charge in [0.1, 0.15) is 29.2 Å². The van der Waals surface area contributed by atoms with Crippen molar-refractivity contribution in [1.82, 2.24) is 24.8 Å². The lowest BCUT2D eigenvalue weighted by Gasteiger charge is -2.29. The van der Waals surface area contributed by atoms with E-state index >= 15 is 0 Å². The molecule has 1 fully saturated rings. The second-order valence-electron chi connectivity index (χ2n) is 8.54. The smallest absolute Gasteiger partial charge is 0.261 e. The average molecular weight is 526 g/mol. The van der Waals surface area contributed by atoms with Crippen LogP contribution >= 0.6 is 0 Å². The molecule has 1 aliphatic heterocycles. The highest BCUT2D eigenvalue weighted by Crippen LogP contribution is 2.26. The Morgan fingerprint density at radius 2 is 1.89 bits per heavy atom. The van der Waals surface area contributed by atoms with Crippen LogP contribution in [-0.2, 0) is 17.7 Å². The Balaban J connectivity index is 1.50. The van der Waals surface area contributed by atoms with Gasteiger partial charge in [0.25, 0.3) is 5.56 Å². The number of aromatic nitrogens is 4. The van der Waals surface area contributed by atoms with Crippen LogP contribution in [0.4, 0.5) is 26.1 Å². The van der Waals surface area contributed by atoms with Gasteiger partial charge in [0.2, 0.25) is 11.0 Å². The number of nitrogens with one attached hydrogen (secondary N) is 2. The van der Waals surface area contributed by atoms with Crippen molar-refractivity contribution in [3.05, 3.63) is 64.6 Å². The monoisotopic (exact) mass is 525 g/mol. The fraction of sp³-hybridized carbons (Fsp3) is 0.280. The minimum atomic E-state index is -1.44. The highest BCUT2D eigenvalue weighted by Gasteiger charge is 2.20. The third-order valence-corrected chi connectivity index (χ3v) is 6.99. The van der Waals surface area contributed by atoms with E-state index in [1.807, 2.05) is 4.90 Å². The molecular formula is C25H25F2N7O2S. The van der Waals surface area contributed by atoms with Crippen molar-refractivity contribution in [2.24, 2.45) is 0 Å². The Hall–Kier alpha value is -3.61. The highest BCUT2D eigenvalue weighted by molar-refractivity contribution is 7.90. The zero-order valence-corrected chi connectivity index (χ0v) is 21.1. The Kier molecular flexibility index (Phi) is 7.04. The van der Waals surface area contributed by atoms with Crippen LogP contribution < -0.4 is 21.1 Å². The maximum atomic E-state index is 14.8. The molecule has 1 unspecified atom stereocenters. The van der Waals surface area contributed by atoms with Gasteiger partial charge in [-0.15, -0.1) is 0 Å². The molecule has 4 heterocycles. The van der Waals surface area contributed by atoms with Gasteiger partial charge in [-0.1, -0.05) is 0 Å². The minimum absolute atomic E-state index is 0.0223. The molecule has 5 rings (SSSR count). The summed E-state index contributed by atoms with van der Waals surface area (Å²) in [6, 6.07) is 8.81. The van der Waals surface area contributed by atoms with Gasteiger partial charge >= 0.3 is 0 Å². The van der Waals surface area contributed by atoms with Crippen molar-refractivity contribution in [3.63, 3.8) is 0 Å². The number of halogens is 2. The van der Waals surface area contributed by atoms with Crippen molar-refractivity contribution >= 4 is 39.5 Å². The van der Waals surface area contributed by atoms with Gasteiger partial charge in [0.05, 0.1) is 11.3 Å². The molecule has 9 nitrogen and oxygen atoms in total. The van der Waals surface area contributed by atoms with Crippen molar-refractivity contribution in [1.29, 1.82) is 0 Å². The molecule has 1 aromatic carbocycles. The van der Waals surface area contributed by atoms with Crippen molar-refractivity contribution in [2.45, 2.75) is 18.5 Å². The summed E-state index contributed by atoms with van der Waals surface area (Å²) < 4.78 is 42.7. The summed E-state index contributed by atoms with van der Waals surface area (Å²) in [4.78, 5) is 28.2. The molecule has 1 aliphatic rings. The molecule has 0 saturated carbocycles. The summed E-state index contributed by atoms with van der Waals surface area (Å²) in [6.45, 7) is 5.09. The maximum Gasteiger partial charge on any atom is 0.261 e. The van der Waals surface area contributed by atoms with Crippen molar-refractivity contribution < 1.29 is 13.3 Å². The number of aryl methyl sites for hydroxylation is 1. The fourth-order valence-electron chi connectivity index (χ4n) is 4.33. The molecule has 1 atom stereocenters. The van der Waals surface area contributed by atoms with Gasteiger partial charge in [-0.25, -0.2) is 13.8 Å². The number of nitrogens with zero attached hydrogens (tertiary/aromatic N) is 5. The first kappa shape index (κ1) is 25.1.